The fourth-order valence-electron chi connectivity index (χ4n) is 2.77. The highest BCUT2D eigenvalue weighted by molar-refractivity contribution is 5.77. The second-order valence-corrected chi connectivity index (χ2v) is 5.61. The Hall–Kier alpha value is -2.49. The van der Waals surface area contributed by atoms with E-state index in [4.69, 9.17) is 0 Å². The Morgan fingerprint density at radius 1 is 1.18 bits per heavy atom. The van der Waals surface area contributed by atoms with Gasteiger partial charge in [0.1, 0.15) is 0 Å². The van der Waals surface area contributed by atoms with Gasteiger partial charge in [-0.3, -0.25) is 14.3 Å². The minimum Gasteiger partial charge on any atom is -0.290 e. The zero-order valence-electron chi connectivity index (χ0n) is 13.1. The summed E-state index contributed by atoms with van der Waals surface area (Å²) in [7, 11) is 0. The highest BCUT2D eigenvalue weighted by Gasteiger charge is 2.16. The predicted octanol–water partition coefficient (Wildman–Crippen LogP) is 3.41. The van der Waals surface area contributed by atoms with Gasteiger partial charge in [0.05, 0.1) is 29.0 Å². The van der Waals surface area contributed by atoms with Crippen molar-refractivity contribution in [3.05, 3.63) is 70.0 Å². The van der Waals surface area contributed by atoms with Gasteiger partial charge in [0.2, 0.25) is 0 Å². The summed E-state index contributed by atoms with van der Waals surface area (Å²) in [5.41, 5.74) is 3.68. The third kappa shape index (κ3) is 2.52. The van der Waals surface area contributed by atoms with E-state index in [0.29, 0.717) is 5.39 Å². The van der Waals surface area contributed by atoms with E-state index >= 15 is 0 Å². The second kappa shape index (κ2) is 5.72. The maximum Gasteiger partial charge on any atom is 0.261 e. The van der Waals surface area contributed by atoms with Crippen molar-refractivity contribution in [3.8, 4) is 0 Å². The van der Waals surface area contributed by atoms with E-state index < -0.39 is 0 Å². The number of hydrogen-bond donors (Lipinski definition) is 0. The molecule has 3 rings (SSSR count). The SMILES string of the molecule is CC[C@@H](c1cccc(C)n1)n1cnc2cc(C)ccc2c1=O. The number of pyridine rings is 1. The van der Waals surface area contributed by atoms with E-state index in [1.165, 1.54) is 0 Å². The summed E-state index contributed by atoms with van der Waals surface area (Å²) in [6.07, 6.45) is 2.43. The molecule has 0 bridgehead atoms. The average molecular weight is 293 g/mol. The lowest BCUT2D eigenvalue weighted by atomic mass is 10.1. The largest absolute Gasteiger partial charge is 0.290 e. The summed E-state index contributed by atoms with van der Waals surface area (Å²) in [6, 6.07) is 11.5. The van der Waals surface area contributed by atoms with Crippen LogP contribution in [0.2, 0.25) is 0 Å². The Morgan fingerprint density at radius 2 is 2.00 bits per heavy atom. The molecule has 0 N–H and O–H groups in total. The molecule has 0 aliphatic heterocycles. The summed E-state index contributed by atoms with van der Waals surface area (Å²) >= 11 is 0. The van der Waals surface area contributed by atoms with E-state index in [9.17, 15) is 4.79 Å². The number of aromatic nitrogens is 3. The van der Waals surface area contributed by atoms with Gasteiger partial charge in [-0.25, -0.2) is 4.98 Å². The maximum atomic E-state index is 12.8. The van der Waals surface area contributed by atoms with E-state index in [1.54, 1.807) is 10.9 Å². The summed E-state index contributed by atoms with van der Waals surface area (Å²) in [5, 5.41) is 0.652. The zero-order valence-corrected chi connectivity index (χ0v) is 13.1. The summed E-state index contributed by atoms with van der Waals surface area (Å²) in [5.74, 6) is 0. The Bertz CT molecular complexity index is 883. The monoisotopic (exact) mass is 293 g/mol. The van der Waals surface area contributed by atoms with E-state index in [1.807, 2.05) is 50.2 Å². The first-order valence-electron chi connectivity index (χ1n) is 7.51. The lowest BCUT2D eigenvalue weighted by Gasteiger charge is -2.18. The maximum absolute atomic E-state index is 12.8. The Kier molecular flexibility index (Phi) is 3.75. The summed E-state index contributed by atoms with van der Waals surface area (Å²) < 4.78 is 1.69. The zero-order chi connectivity index (χ0) is 15.7. The number of rotatable bonds is 3. The van der Waals surface area contributed by atoms with E-state index in [0.717, 1.165) is 28.9 Å². The minimum absolute atomic E-state index is 0.0137. The molecule has 0 unspecified atom stereocenters. The third-order valence-corrected chi connectivity index (χ3v) is 3.91. The van der Waals surface area contributed by atoms with Crippen LogP contribution >= 0.6 is 0 Å². The van der Waals surface area contributed by atoms with Crippen LogP contribution in [-0.4, -0.2) is 14.5 Å². The molecule has 0 saturated carbocycles. The fraction of sp³-hybridized carbons (Fsp3) is 0.278. The summed E-state index contributed by atoms with van der Waals surface area (Å²) in [6.45, 7) is 6.01. The molecule has 112 valence electrons. The van der Waals surface area contributed by atoms with Crippen molar-refractivity contribution >= 4 is 10.9 Å². The van der Waals surface area contributed by atoms with Crippen LogP contribution in [0.1, 0.15) is 36.3 Å². The highest BCUT2D eigenvalue weighted by atomic mass is 16.1. The van der Waals surface area contributed by atoms with Gasteiger partial charge in [-0.2, -0.15) is 0 Å². The standard InChI is InChI=1S/C18H19N3O/c1-4-17(15-7-5-6-13(3)20-15)21-11-19-16-10-12(2)8-9-14(16)18(21)22/h5-11,17H,4H2,1-3H3/t17-/m0/s1. The molecule has 0 saturated heterocycles. The van der Waals surface area contributed by atoms with Crippen LogP contribution in [0.5, 0.6) is 0 Å². The molecule has 0 fully saturated rings. The van der Waals surface area contributed by atoms with Crippen LogP contribution < -0.4 is 5.56 Å². The van der Waals surface area contributed by atoms with Crippen molar-refractivity contribution in [1.29, 1.82) is 0 Å². The second-order valence-electron chi connectivity index (χ2n) is 5.61. The first-order chi connectivity index (χ1) is 10.6. The van der Waals surface area contributed by atoms with Crippen molar-refractivity contribution < 1.29 is 0 Å². The van der Waals surface area contributed by atoms with Gasteiger partial charge in [-0.05, 0) is 50.1 Å². The lowest BCUT2D eigenvalue weighted by molar-refractivity contribution is 0.530. The molecule has 4 heteroatoms. The average Bonchev–Trinajstić information content (AvgIpc) is 2.50. The Morgan fingerprint density at radius 3 is 2.73 bits per heavy atom. The number of benzene rings is 1. The van der Waals surface area contributed by atoms with Crippen molar-refractivity contribution in [1.82, 2.24) is 14.5 Å². The van der Waals surface area contributed by atoms with Gasteiger partial charge in [-0.15, -0.1) is 0 Å². The van der Waals surface area contributed by atoms with Crippen LogP contribution in [0, 0.1) is 13.8 Å². The number of nitrogens with zero attached hydrogens (tertiary/aromatic N) is 3. The number of hydrogen-bond acceptors (Lipinski definition) is 3. The molecule has 0 spiro atoms. The van der Waals surface area contributed by atoms with Crippen molar-refractivity contribution in [2.75, 3.05) is 0 Å². The molecule has 0 aliphatic carbocycles. The molecule has 0 aliphatic rings. The first kappa shape index (κ1) is 14.4. The van der Waals surface area contributed by atoms with Crippen molar-refractivity contribution in [2.45, 2.75) is 33.2 Å². The Labute approximate surface area is 129 Å². The lowest BCUT2D eigenvalue weighted by Crippen LogP contribution is -2.26. The molecule has 2 aromatic heterocycles. The quantitative estimate of drug-likeness (QED) is 0.743. The molecule has 1 atom stereocenters. The van der Waals surface area contributed by atoms with Crippen molar-refractivity contribution in [2.24, 2.45) is 0 Å². The van der Waals surface area contributed by atoms with Crippen molar-refractivity contribution in [3.63, 3.8) is 0 Å². The van der Waals surface area contributed by atoms with E-state index in [-0.39, 0.29) is 11.6 Å². The molecule has 0 amide bonds. The van der Waals surface area contributed by atoms with Crippen LogP contribution in [0.25, 0.3) is 10.9 Å². The van der Waals surface area contributed by atoms with Gasteiger partial charge in [0.25, 0.3) is 5.56 Å². The molecule has 3 aromatic rings. The predicted molar refractivity (Wildman–Crippen MR) is 88.1 cm³/mol. The van der Waals surface area contributed by atoms with Crippen LogP contribution in [-0.2, 0) is 0 Å². The van der Waals surface area contributed by atoms with Crippen LogP contribution in [0.4, 0.5) is 0 Å². The number of fused-ring (bicyclic) bond motifs is 1. The molecule has 0 radical (unpaired) electrons. The molecular formula is C18H19N3O. The van der Waals surface area contributed by atoms with Gasteiger partial charge >= 0.3 is 0 Å². The van der Waals surface area contributed by atoms with Gasteiger partial charge in [-0.1, -0.05) is 19.1 Å². The first-order valence-corrected chi connectivity index (χ1v) is 7.51. The normalized spacial score (nSPS) is 12.5. The van der Waals surface area contributed by atoms with Crippen LogP contribution in [0.3, 0.4) is 0 Å². The molecule has 22 heavy (non-hydrogen) atoms. The molecular weight excluding hydrogens is 274 g/mol. The minimum atomic E-state index is -0.0920. The van der Waals surface area contributed by atoms with Gasteiger partial charge < -0.3 is 0 Å². The van der Waals surface area contributed by atoms with Gasteiger partial charge in [0, 0.05) is 5.69 Å². The molecule has 2 heterocycles. The van der Waals surface area contributed by atoms with Gasteiger partial charge in [0.15, 0.2) is 0 Å². The summed E-state index contributed by atoms with van der Waals surface area (Å²) in [4.78, 5) is 21.8. The highest BCUT2D eigenvalue weighted by Crippen LogP contribution is 2.19. The molecule has 1 aromatic carbocycles. The topological polar surface area (TPSA) is 47.8 Å². The van der Waals surface area contributed by atoms with Crippen LogP contribution in [0.15, 0.2) is 47.5 Å². The number of aryl methyl sites for hydroxylation is 2. The fourth-order valence-corrected chi connectivity index (χ4v) is 2.77. The smallest absolute Gasteiger partial charge is 0.261 e. The Balaban J connectivity index is 2.17. The van der Waals surface area contributed by atoms with E-state index in [2.05, 4.69) is 16.9 Å². The third-order valence-electron chi connectivity index (χ3n) is 3.91. The molecule has 4 nitrogen and oxygen atoms in total.